The Kier molecular flexibility index (Phi) is 13.4. The van der Waals surface area contributed by atoms with Gasteiger partial charge < -0.3 is 26.3 Å². The van der Waals surface area contributed by atoms with Crippen molar-refractivity contribution >= 4 is 29.1 Å². The molecule has 0 atom stereocenters. The van der Waals surface area contributed by atoms with Gasteiger partial charge in [-0.05, 0) is 129 Å². The molecular weight excluding hydrogens is 679 g/mol. The maximum atomic E-state index is 13.0. The molecule has 4 aromatic rings. The van der Waals surface area contributed by atoms with Crippen molar-refractivity contribution in [3.05, 3.63) is 150 Å². The van der Waals surface area contributed by atoms with Gasteiger partial charge in [0, 0.05) is 34.1 Å². The molecule has 5 N–H and O–H groups in total. The zero-order valence-electron chi connectivity index (χ0n) is 33.9. The van der Waals surface area contributed by atoms with Crippen molar-refractivity contribution in [1.29, 1.82) is 0 Å². The lowest BCUT2D eigenvalue weighted by Crippen LogP contribution is -2.32. The zero-order valence-corrected chi connectivity index (χ0v) is 33.9. The van der Waals surface area contributed by atoms with Gasteiger partial charge in [0.2, 0.25) is 0 Å². The number of aromatic amines is 1. The molecule has 7 heteroatoms. The molecule has 284 valence electrons. The van der Waals surface area contributed by atoms with Crippen LogP contribution in [-0.4, -0.2) is 17.0 Å². The number of hydrogen-bond donors (Lipinski definition) is 5. The van der Waals surface area contributed by atoms with Gasteiger partial charge in [0.15, 0.2) is 0 Å². The molecule has 0 radical (unpaired) electrons. The third kappa shape index (κ3) is 11.4. The fourth-order valence-corrected chi connectivity index (χ4v) is 6.01. The molecule has 0 saturated heterocycles. The van der Waals surface area contributed by atoms with E-state index in [1.807, 2.05) is 123 Å². The highest BCUT2D eigenvalue weighted by Crippen LogP contribution is 2.34. The molecule has 55 heavy (non-hydrogen) atoms. The van der Waals surface area contributed by atoms with E-state index in [0.717, 1.165) is 22.5 Å². The summed E-state index contributed by atoms with van der Waals surface area (Å²) in [6, 6.07) is 30.0. The predicted molar refractivity (Wildman–Crippen MR) is 230 cm³/mol. The van der Waals surface area contributed by atoms with E-state index in [4.69, 9.17) is 0 Å². The predicted octanol–water partition coefficient (Wildman–Crippen LogP) is 11.5. The number of allylic oxidation sites excluding steroid dienone is 5. The normalized spacial score (nSPS) is 12.5. The van der Waals surface area contributed by atoms with Crippen molar-refractivity contribution < 1.29 is 9.59 Å². The van der Waals surface area contributed by atoms with Gasteiger partial charge >= 0.3 is 12.1 Å². The van der Waals surface area contributed by atoms with Gasteiger partial charge in [0.25, 0.3) is 0 Å². The van der Waals surface area contributed by atoms with Gasteiger partial charge in [-0.25, -0.2) is 9.59 Å². The molecule has 4 amide bonds. The molecule has 7 nitrogen and oxygen atoms in total. The first-order valence-corrected chi connectivity index (χ1v) is 18.6. The SMILES string of the molecule is C\C=C/C=C(NC(=O)Nc1ccccc1)\C(=C/C)C(C)(C)C#CC(C)(C)c1ccc(C(C)(C)C#CC(C)(C)c2ccccc2NC(=O)Nc2ccccc2)[nH]1. The Morgan fingerprint density at radius 3 is 1.62 bits per heavy atom. The van der Waals surface area contributed by atoms with Crippen LogP contribution in [0.3, 0.4) is 0 Å². The molecule has 3 aromatic carbocycles. The van der Waals surface area contributed by atoms with Crippen molar-refractivity contribution in [1.82, 2.24) is 10.3 Å². The Bertz CT molecular complexity index is 2180. The van der Waals surface area contributed by atoms with Gasteiger partial charge in [-0.1, -0.05) is 96.5 Å². The number of anilines is 3. The third-order valence-corrected chi connectivity index (χ3v) is 9.28. The lowest BCUT2D eigenvalue weighted by Gasteiger charge is -2.26. The smallest absolute Gasteiger partial charge is 0.323 e. The molecule has 1 aromatic heterocycles. The first-order chi connectivity index (χ1) is 26.0. The molecule has 0 spiro atoms. The van der Waals surface area contributed by atoms with Crippen molar-refractivity contribution in [2.75, 3.05) is 16.0 Å². The van der Waals surface area contributed by atoms with Crippen LogP contribution in [0.1, 0.15) is 86.2 Å². The van der Waals surface area contributed by atoms with E-state index in [0.29, 0.717) is 22.8 Å². The number of carbonyl (C=O) groups is 2. The standard InChI is InChI=1S/C48H55N5O2/c1-11-13-27-39(51-43(54)49-35-22-16-14-17-23-35)37(12-2)45(3,4)31-33-47(7,8)41-29-30-42(53-41)48(9,10)34-32-46(5,6)38-26-20-21-28-40(38)52-44(55)50-36-24-18-15-19-25-36/h11-30,53H,1-10H3,(H2,49,51,54)(H2,50,52,55)/b13-11-,37-12+,39-27+. The number of aromatic nitrogens is 1. The summed E-state index contributed by atoms with van der Waals surface area (Å²) in [6.45, 7) is 20.6. The first-order valence-electron chi connectivity index (χ1n) is 18.6. The summed E-state index contributed by atoms with van der Waals surface area (Å²) < 4.78 is 0. The van der Waals surface area contributed by atoms with Crippen molar-refractivity contribution in [3.8, 4) is 23.7 Å². The summed E-state index contributed by atoms with van der Waals surface area (Å²) in [6.07, 6.45) is 7.73. The van der Waals surface area contributed by atoms with Crippen LogP contribution in [0.15, 0.2) is 133 Å². The van der Waals surface area contributed by atoms with Crippen LogP contribution in [0.5, 0.6) is 0 Å². The summed E-state index contributed by atoms with van der Waals surface area (Å²) in [5, 5.41) is 11.8. The van der Waals surface area contributed by atoms with Crippen LogP contribution in [0.25, 0.3) is 0 Å². The number of H-pyrrole nitrogens is 1. The van der Waals surface area contributed by atoms with Crippen molar-refractivity contribution in [2.24, 2.45) is 5.41 Å². The highest BCUT2D eigenvalue weighted by atomic mass is 16.2. The molecule has 0 aliphatic carbocycles. The number of hydrogen-bond acceptors (Lipinski definition) is 2. The van der Waals surface area contributed by atoms with Crippen LogP contribution in [0.4, 0.5) is 26.7 Å². The average Bonchev–Trinajstić information content (AvgIpc) is 3.67. The van der Waals surface area contributed by atoms with E-state index in [1.165, 1.54) is 0 Å². The first kappa shape index (κ1) is 41.6. The quantitative estimate of drug-likeness (QED) is 0.0828. The number of urea groups is 2. The highest BCUT2D eigenvalue weighted by molar-refractivity contribution is 6.00. The van der Waals surface area contributed by atoms with Crippen LogP contribution in [0, 0.1) is 29.1 Å². The average molecular weight is 734 g/mol. The second-order valence-electron chi connectivity index (χ2n) is 15.5. The minimum Gasteiger partial charge on any atom is -0.360 e. The maximum Gasteiger partial charge on any atom is 0.323 e. The summed E-state index contributed by atoms with van der Waals surface area (Å²) in [7, 11) is 0. The number of rotatable bonds is 10. The maximum absolute atomic E-state index is 13.0. The largest absolute Gasteiger partial charge is 0.360 e. The summed E-state index contributed by atoms with van der Waals surface area (Å²) in [4.78, 5) is 29.5. The number of amides is 4. The van der Waals surface area contributed by atoms with Gasteiger partial charge in [-0.3, -0.25) is 0 Å². The molecule has 0 aliphatic rings. The lowest BCUT2D eigenvalue weighted by molar-refractivity contribution is 0.254. The van der Waals surface area contributed by atoms with E-state index in [9.17, 15) is 9.59 Å². The molecule has 0 aliphatic heterocycles. The number of para-hydroxylation sites is 3. The Labute approximate surface area is 328 Å². The van der Waals surface area contributed by atoms with E-state index >= 15 is 0 Å². The molecule has 0 fully saturated rings. The van der Waals surface area contributed by atoms with E-state index in [1.54, 1.807) is 0 Å². The van der Waals surface area contributed by atoms with Gasteiger partial charge in [0.1, 0.15) is 0 Å². The Hall–Kier alpha value is -6.18. The minimum absolute atomic E-state index is 0.314. The summed E-state index contributed by atoms with van der Waals surface area (Å²) in [5.41, 5.74) is 4.38. The topological polar surface area (TPSA) is 98.1 Å². The van der Waals surface area contributed by atoms with Crippen LogP contribution < -0.4 is 21.3 Å². The fraction of sp³-hybridized carbons (Fsp3) is 0.292. The number of carbonyl (C=O) groups excluding carboxylic acids is 2. The van der Waals surface area contributed by atoms with Crippen molar-refractivity contribution in [3.63, 3.8) is 0 Å². The van der Waals surface area contributed by atoms with E-state index in [-0.39, 0.29) is 12.1 Å². The monoisotopic (exact) mass is 733 g/mol. The highest BCUT2D eigenvalue weighted by Gasteiger charge is 2.29. The summed E-state index contributed by atoms with van der Waals surface area (Å²) in [5.74, 6) is 14.1. The minimum atomic E-state index is -0.599. The lowest BCUT2D eigenvalue weighted by atomic mass is 9.80. The number of benzene rings is 3. The molecule has 0 saturated carbocycles. The summed E-state index contributed by atoms with van der Waals surface area (Å²) >= 11 is 0. The zero-order chi connectivity index (χ0) is 40.3. The van der Waals surface area contributed by atoms with Gasteiger partial charge in [0.05, 0.1) is 21.7 Å². The van der Waals surface area contributed by atoms with E-state index < -0.39 is 21.7 Å². The molecule has 0 bridgehead atoms. The van der Waals surface area contributed by atoms with Gasteiger partial charge in [-0.2, -0.15) is 0 Å². The van der Waals surface area contributed by atoms with Crippen molar-refractivity contribution in [2.45, 2.75) is 85.5 Å². The molecule has 1 heterocycles. The second kappa shape index (κ2) is 17.8. The van der Waals surface area contributed by atoms with Gasteiger partial charge in [-0.15, -0.1) is 0 Å². The Morgan fingerprint density at radius 2 is 1.07 bits per heavy atom. The Morgan fingerprint density at radius 1 is 0.582 bits per heavy atom. The van der Waals surface area contributed by atoms with Crippen LogP contribution >= 0.6 is 0 Å². The molecular formula is C48H55N5O2. The Balaban J connectivity index is 1.52. The molecule has 0 unspecified atom stereocenters. The third-order valence-electron chi connectivity index (χ3n) is 9.28. The fourth-order valence-electron chi connectivity index (χ4n) is 6.01. The second-order valence-corrected chi connectivity index (χ2v) is 15.5. The molecule has 4 rings (SSSR count). The van der Waals surface area contributed by atoms with Crippen LogP contribution in [0.2, 0.25) is 0 Å². The van der Waals surface area contributed by atoms with E-state index in [2.05, 4.69) is 117 Å². The van der Waals surface area contributed by atoms with Crippen LogP contribution in [-0.2, 0) is 16.2 Å². The number of nitrogens with one attached hydrogen (secondary N) is 5.